The molecule has 210 valence electrons. The van der Waals surface area contributed by atoms with Gasteiger partial charge in [-0.15, -0.1) is 0 Å². The fourth-order valence-corrected chi connectivity index (χ4v) is 4.71. The summed E-state index contributed by atoms with van der Waals surface area (Å²) in [5.41, 5.74) is 0.883. The van der Waals surface area contributed by atoms with Crippen LogP contribution in [-0.4, -0.2) is 15.9 Å². The van der Waals surface area contributed by atoms with Crippen molar-refractivity contribution >= 4 is 5.97 Å². The summed E-state index contributed by atoms with van der Waals surface area (Å²) in [5, 5.41) is 0. The summed E-state index contributed by atoms with van der Waals surface area (Å²) >= 11 is 0. The van der Waals surface area contributed by atoms with Crippen LogP contribution in [0.25, 0.3) is 0 Å². The van der Waals surface area contributed by atoms with Gasteiger partial charge in [0.25, 0.3) is 0 Å². The summed E-state index contributed by atoms with van der Waals surface area (Å²) < 4.78 is 16.8. The maximum Gasteiger partial charge on any atom is 0.307 e. The number of aryl methyl sites for hydroxylation is 1. The van der Waals surface area contributed by atoms with Crippen LogP contribution in [0.15, 0.2) is 27.7 Å². The molecule has 2 heterocycles. The van der Waals surface area contributed by atoms with Crippen molar-refractivity contribution < 1.29 is 18.4 Å². The van der Waals surface area contributed by atoms with Crippen molar-refractivity contribution in [2.75, 3.05) is 0 Å². The first-order valence-corrected chi connectivity index (χ1v) is 15.3. The average molecular weight is 517 g/mol. The minimum Gasteiger partial charge on any atom is -0.445 e. The van der Waals surface area contributed by atoms with Gasteiger partial charge < -0.3 is 13.6 Å². The molecule has 0 fully saturated rings. The standard InChI is InChI=1S/C31H52N2O4/c1-3-5-7-9-10-11-12-13-14-15-16-17-18-19-21-23-29(34)37-30(28-24-32-26-36-28)31-33-27(25-35-31)22-20-8-6-4-2/h24-26,30H,3-23H2,1-2H3. The Morgan fingerprint density at radius 1 is 0.757 bits per heavy atom. The van der Waals surface area contributed by atoms with Gasteiger partial charge in [0, 0.05) is 6.42 Å². The number of ether oxygens (including phenoxy) is 1. The quantitative estimate of drug-likeness (QED) is 0.102. The van der Waals surface area contributed by atoms with E-state index < -0.39 is 6.10 Å². The molecule has 0 N–H and O–H groups in total. The topological polar surface area (TPSA) is 78.4 Å². The fraction of sp³-hybridized carbons (Fsp3) is 0.774. The Labute approximate surface area is 225 Å². The Kier molecular flexibility index (Phi) is 17.6. The third-order valence-corrected chi connectivity index (χ3v) is 7.02. The molecule has 2 aromatic heterocycles. The lowest BCUT2D eigenvalue weighted by Gasteiger charge is -2.12. The number of carbonyl (C=O) groups is 1. The van der Waals surface area contributed by atoms with E-state index in [2.05, 4.69) is 23.8 Å². The van der Waals surface area contributed by atoms with E-state index in [-0.39, 0.29) is 5.97 Å². The Hall–Kier alpha value is -2.11. The van der Waals surface area contributed by atoms with Gasteiger partial charge in [0.15, 0.2) is 12.2 Å². The van der Waals surface area contributed by atoms with Gasteiger partial charge in [0.05, 0.1) is 11.9 Å². The molecule has 0 saturated heterocycles. The van der Waals surface area contributed by atoms with Crippen LogP contribution in [0, 0.1) is 0 Å². The lowest BCUT2D eigenvalue weighted by atomic mass is 10.0. The molecule has 37 heavy (non-hydrogen) atoms. The third kappa shape index (κ3) is 14.4. The smallest absolute Gasteiger partial charge is 0.307 e. The van der Waals surface area contributed by atoms with Crippen LogP contribution in [0.3, 0.4) is 0 Å². The van der Waals surface area contributed by atoms with Gasteiger partial charge in [-0.3, -0.25) is 4.79 Å². The minimum absolute atomic E-state index is 0.251. The molecule has 0 aliphatic rings. The summed E-state index contributed by atoms with van der Waals surface area (Å²) in [6, 6.07) is 0. The number of hydrogen-bond donors (Lipinski definition) is 0. The van der Waals surface area contributed by atoms with Gasteiger partial charge in [-0.25, -0.2) is 9.97 Å². The number of aromatic nitrogens is 2. The second kappa shape index (κ2) is 20.9. The zero-order chi connectivity index (χ0) is 26.4. The van der Waals surface area contributed by atoms with E-state index in [4.69, 9.17) is 13.6 Å². The first-order chi connectivity index (χ1) is 18.2. The molecule has 0 bridgehead atoms. The molecule has 6 heteroatoms. The molecule has 0 saturated carbocycles. The SMILES string of the molecule is CCCCCCCCCCCCCCCCCC(=O)OC(c1cnco1)c1nc(CCCCCC)co1. The third-order valence-electron chi connectivity index (χ3n) is 7.02. The van der Waals surface area contributed by atoms with Crippen molar-refractivity contribution in [3.63, 3.8) is 0 Å². The van der Waals surface area contributed by atoms with Crippen LogP contribution in [0.5, 0.6) is 0 Å². The summed E-state index contributed by atoms with van der Waals surface area (Å²) in [6.45, 7) is 4.47. The first kappa shape index (κ1) is 31.1. The number of nitrogens with zero attached hydrogens (tertiary/aromatic N) is 2. The highest BCUT2D eigenvalue weighted by Crippen LogP contribution is 2.27. The molecule has 1 atom stereocenters. The van der Waals surface area contributed by atoms with Crippen LogP contribution >= 0.6 is 0 Å². The lowest BCUT2D eigenvalue weighted by Crippen LogP contribution is -2.12. The predicted octanol–water partition coefficient (Wildman–Crippen LogP) is 9.68. The molecular formula is C31H52N2O4. The molecular weight excluding hydrogens is 464 g/mol. The van der Waals surface area contributed by atoms with Gasteiger partial charge >= 0.3 is 5.97 Å². The van der Waals surface area contributed by atoms with Crippen LogP contribution in [0.1, 0.15) is 166 Å². The summed E-state index contributed by atoms with van der Waals surface area (Å²) in [6.07, 6.45) is 29.2. The van der Waals surface area contributed by atoms with Crippen molar-refractivity contribution in [2.24, 2.45) is 0 Å². The number of carbonyl (C=O) groups excluding carboxylic acids is 1. The number of hydrogen-bond acceptors (Lipinski definition) is 6. The Morgan fingerprint density at radius 3 is 1.84 bits per heavy atom. The maximum absolute atomic E-state index is 12.6. The predicted molar refractivity (Wildman–Crippen MR) is 148 cm³/mol. The molecule has 6 nitrogen and oxygen atoms in total. The zero-order valence-corrected chi connectivity index (χ0v) is 23.7. The summed E-state index contributed by atoms with van der Waals surface area (Å²) in [4.78, 5) is 21.1. The second-order valence-corrected chi connectivity index (χ2v) is 10.5. The monoisotopic (exact) mass is 516 g/mol. The van der Waals surface area contributed by atoms with E-state index in [1.165, 1.54) is 109 Å². The molecule has 0 aliphatic heterocycles. The normalized spacial score (nSPS) is 12.2. The summed E-state index contributed by atoms with van der Waals surface area (Å²) in [5.74, 6) is 0.537. The van der Waals surface area contributed by atoms with Crippen molar-refractivity contribution in [3.8, 4) is 0 Å². The molecule has 1 unspecified atom stereocenters. The molecule has 0 amide bonds. The van der Waals surface area contributed by atoms with E-state index >= 15 is 0 Å². The molecule has 0 radical (unpaired) electrons. The summed E-state index contributed by atoms with van der Waals surface area (Å²) in [7, 11) is 0. The van der Waals surface area contributed by atoms with Crippen LogP contribution < -0.4 is 0 Å². The molecule has 2 rings (SSSR count). The highest BCUT2D eigenvalue weighted by atomic mass is 16.6. The number of rotatable bonds is 24. The van der Waals surface area contributed by atoms with E-state index in [1.807, 2.05) is 0 Å². The van der Waals surface area contributed by atoms with E-state index in [0.29, 0.717) is 18.1 Å². The molecule has 0 aromatic carbocycles. The lowest BCUT2D eigenvalue weighted by molar-refractivity contribution is -0.149. The number of esters is 1. The van der Waals surface area contributed by atoms with Crippen molar-refractivity contribution in [2.45, 2.75) is 155 Å². The van der Waals surface area contributed by atoms with Gasteiger partial charge in [0.2, 0.25) is 12.0 Å². The second-order valence-electron chi connectivity index (χ2n) is 10.5. The van der Waals surface area contributed by atoms with E-state index in [9.17, 15) is 4.79 Å². The highest BCUT2D eigenvalue weighted by Gasteiger charge is 2.27. The Balaban J connectivity index is 1.55. The Morgan fingerprint density at radius 2 is 1.30 bits per heavy atom. The van der Waals surface area contributed by atoms with E-state index in [0.717, 1.165) is 31.4 Å². The Bertz CT molecular complexity index is 787. The van der Waals surface area contributed by atoms with Gasteiger partial charge in [-0.05, 0) is 19.3 Å². The highest BCUT2D eigenvalue weighted by molar-refractivity contribution is 5.69. The number of unbranched alkanes of at least 4 members (excludes halogenated alkanes) is 17. The van der Waals surface area contributed by atoms with Crippen molar-refractivity contribution in [3.05, 3.63) is 36.2 Å². The number of oxazole rings is 2. The zero-order valence-electron chi connectivity index (χ0n) is 23.7. The van der Waals surface area contributed by atoms with Crippen LogP contribution in [0.2, 0.25) is 0 Å². The fourth-order valence-electron chi connectivity index (χ4n) is 4.71. The maximum atomic E-state index is 12.6. The largest absolute Gasteiger partial charge is 0.445 e. The van der Waals surface area contributed by atoms with Crippen molar-refractivity contribution in [1.82, 2.24) is 9.97 Å². The van der Waals surface area contributed by atoms with Crippen molar-refractivity contribution in [1.29, 1.82) is 0 Å². The van der Waals surface area contributed by atoms with E-state index in [1.54, 1.807) is 12.5 Å². The molecule has 0 spiro atoms. The molecule has 2 aromatic rings. The van der Waals surface area contributed by atoms with Gasteiger partial charge in [-0.2, -0.15) is 0 Å². The van der Waals surface area contributed by atoms with Gasteiger partial charge in [0.1, 0.15) is 6.26 Å². The average Bonchev–Trinajstić information content (AvgIpc) is 3.60. The van der Waals surface area contributed by atoms with Gasteiger partial charge in [-0.1, -0.05) is 123 Å². The van der Waals surface area contributed by atoms with Crippen LogP contribution in [-0.2, 0) is 16.0 Å². The minimum atomic E-state index is -0.782. The first-order valence-electron chi connectivity index (χ1n) is 15.3. The molecule has 0 aliphatic carbocycles. The van der Waals surface area contributed by atoms with Crippen LogP contribution in [0.4, 0.5) is 0 Å².